The lowest BCUT2D eigenvalue weighted by molar-refractivity contribution is -0.140. The average Bonchev–Trinajstić information content (AvgIpc) is 3.39. The Labute approximate surface area is 260 Å². The number of sulfonamides is 1. The summed E-state index contributed by atoms with van der Waals surface area (Å²) in [7, 11) is -3.71. The van der Waals surface area contributed by atoms with Gasteiger partial charge in [-0.3, -0.25) is 9.59 Å². The molecule has 2 amide bonds. The van der Waals surface area contributed by atoms with Crippen LogP contribution in [0.5, 0.6) is 0 Å². The number of nitrogens with zero attached hydrogens (tertiary/aromatic N) is 1. The maximum atomic E-state index is 14.3. The Morgan fingerprint density at radius 2 is 1.90 bits per heavy atom. The molecule has 3 atom stereocenters. The molecule has 0 radical (unpaired) electrons. The number of hydrogen-bond acceptors (Lipinski definition) is 6. The van der Waals surface area contributed by atoms with E-state index in [0.29, 0.717) is 33.8 Å². The molecular formula is C29H37BrClFN4O5S. The van der Waals surface area contributed by atoms with Gasteiger partial charge < -0.3 is 20.3 Å². The highest BCUT2D eigenvalue weighted by atomic mass is 79.9. The standard InChI is InChI=1S/C29H37BrClFN4O5S/c1-42(39,40)35-26(9-4-19-10-12-33-13-11-19)29(38)36-17-24(41-18-20-2-6-23(31)7-3-20)15-27(36)28(37)34-16-21-14-22(30)5-8-25(21)32/h2-3,5-8,14,19,24,26-27,33,35H,4,9-13,15-18H2,1H3,(H,34,37)/t24-,26-,27-/m1/s1. The van der Waals surface area contributed by atoms with Crippen LogP contribution in [0, 0.1) is 11.7 Å². The number of halogens is 3. The van der Waals surface area contributed by atoms with Gasteiger partial charge in [-0.05, 0) is 80.6 Å². The largest absolute Gasteiger partial charge is 0.372 e. The van der Waals surface area contributed by atoms with Crippen molar-refractivity contribution in [3.63, 3.8) is 0 Å². The fourth-order valence-corrected chi connectivity index (χ4v) is 6.72. The highest BCUT2D eigenvalue weighted by Crippen LogP contribution is 2.26. The molecule has 2 aliphatic heterocycles. The van der Waals surface area contributed by atoms with Crippen LogP contribution in [0.3, 0.4) is 0 Å². The monoisotopic (exact) mass is 686 g/mol. The summed E-state index contributed by atoms with van der Waals surface area (Å²) in [6.07, 6.45) is 3.70. The third-order valence-corrected chi connectivity index (χ3v) is 9.14. The van der Waals surface area contributed by atoms with Gasteiger partial charge in [-0.25, -0.2) is 17.5 Å². The van der Waals surface area contributed by atoms with E-state index in [1.54, 1.807) is 24.3 Å². The SMILES string of the molecule is CS(=O)(=O)N[C@H](CCC1CCNCC1)C(=O)N1C[C@H](OCc2ccc(Cl)cc2)C[C@@H]1C(=O)NCc1cc(Br)ccc1F. The number of likely N-dealkylation sites (tertiary alicyclic amines) is 1. The van der Waals surface area contributed by atoms with Crippen LogP contribution in [-0.4, -0.2) is 69.2 Å². The van der Waals surface area contributed by atoms with Gasteiger partial charge in [0.1, 0.15) is 17.9 Å². The highest BCUT2D eigenvalue weighted by Gasteiger charge is 2.42. The van der Waals surface area contributed by atoms with Crippen molar-refractivity contribution >= 4 is 49.4 Å². The number of ether oxygens (including phenoxy) is 1. The Bertz CT molecular complexity index is 1340. The van der Waals surface area contributed by atoms with E-state index in [1.807, 2.05) is 12.1 Å². The average molecular weight is 688 g/mol. The van der Waals surface area contributed by atoms with Crippen molar-refractivity contribution in [2.24, 2.45) is 5.92 Å². The van der Waals surface area contributed by atoms with Gasteiger partial charge >= 0.3 is 0 Å². The van der Waals surface area contributed by atoms with Crippen molar-refractivity contribution in [2.45, 2.75) is 63.4 Å². The third-order valence-electron chi connectivity index (χ3n) is 7.68. The van der Waals surface area contributed by atoms with Gasteiger partial charge in [-0.15, -0.1) is 0 Å². The molecule has 2 aromatic carbocycles. The zero-order valence-corrected chi connectivity index (χ0v) is 26.6. The molecule has 0 saturated carbocycles. The maximum Gasteiger partial charge on any atom is 0.243 e. The maximum absolute atomic E-state index is 14.3. The number of amides is 2. The van der Waals surface area contributed by atoms with Gasteiger partial charge in [0.05, 0.1) is 19.0 Å². The van der Waals surface area contributed by atoms with Crippen LogP contribution in [0.15, 0.2) is 46.9 Å². The van der Waals surface area contributed by atoms with Crippen molar-refractivity contribution in [1.29, 1.82) is 0 Å². The molecule has 2 heterocycles. The topological polar surface area (TPSA) is 117 Å². The van der Waals surface area contributed by atoms with Crippen LogP contribution in [0.4, 0.5) is 4.39 Å². The van der Waals surface area contributed by atoms with E-state index in [2.05, 4.69) is 31.3 Å². The fourth-order valence-electron chi connectivity index (χ4n) is 5.45. The van der Waals surface area contributed by atoms with Crippen LogP contribution >= 0.6 is 27.5 Å². The van der Waals surface area contributed by atoms with E-state index in [4.69, 9.17) is 16.3 Å². The first kappa shape index (κ1) is 32.8. The molecule has 0 aliphatic carbocycles. The Hall–Kier alpha value is -2.09. The number of rotatable bonds is 12. The summed E-state index contributed by atoms with van der Waals surface area (Å²) in [6.45, 7) is 2.08. The van der Waals surface area contributed by atoms with E-state index in [0.717, 1.165) is 37.8 Å². The number of nitrogens with one attached hydrogen (secondary N) is 3. The molecule has 2 fully saturated rings. The predicted molar refractivity (Wildman–Crippen MR) is 163 cm³/mol. The zero-order chi connectivity index (χ0) is 30.3. The summed E-state index contributed by atoms with van der Waals surface area (Å²) in [5.41, 5.74) is 1.18. The van der Waals surface area contributed by atoms with Gasteiger partial charge in [0.2, 0.25) is 21.8 Å². The van der Waals surface area contributed by atoms with Crippen molar-refractivity contribution in [3.8, 4) is 0 Å². The molecule has 0 unspecified atom stereocenters. The molecule has 230 valence electrons. The number of hydrogen-bond donors (Lipinski definition) is 3. The fraction of sp³-hybridized carbons (Fsp3) is 0.517. The van der Waals surface area contributed by atoms with Gasteiger partial charge in [0.25, 0.3) is 0 Å². The van der Waals surface area contributed by atoms with Crippen LogP contribution in [0.2, 0.25) is 5.02 Å². The second-order valence-electron chi connectivity index (χ2n) is 11.0. The van der Waals surface area contributed by atoms with Gasteiger partial charge in [-0.2, -0.15) is 0 Å². The molecule has 9 nitrogen and oxygen atoms in total. The Morgan fingerprint density at radius 1 is 1.19 bits per heavy atom. The molecule has 0 bridgehead atoms. The summed E-state index contributed by atoms with van der Waals surface area (Å²) in [5.74, 6) is -1.01. The molecule has 0 spiro atoms. The third kappa shape index (κ3) is 9.72. The van der Waals surface area contributed by atoms with Crippen molar-refractivity contribution < 1.29 is 27.1 Å². The first-order chi connectivity index (χ1) is 20.0. The van der Waals surface area contributed by atoms with E-state index < -0.39 is 45.8 Å². The lowest BCUT2D eigenvalue weighted by Crippen LogP contribution is -2.53. The van der Waals surface area contributed by atoms with Crippen molar-refractivity contribution in [2.75, 3.05) is 25.9 Å². The molecule has 3 N–H and O–H groups in total. The Kier molecular flexibility index (Phi) is 11.8. The minimum absolute atomic E-state index is 0.0698. The number of carbonyl (C=O) groups excluding carboxylic acids is 2. The summed E-state index contributed by atoms with van der Waals surface area (Å²) < 4.78 is 48.1. The van der Waals surface area contributed by atoms with Gasteiger partial charge in [-0.1, -0.05) is 39.7 Å². The molecule has 13 heteroatoms. The first-order valence-electron chi connectivity index (χ1n) is 14.0. The molecular weight excluding hydrogens is 651 g/mol. The minimum atomic E-state index is -3.71. The Morgan fingerprint density at radius 3 is 2.60 bits per heavy atom. The van der Waals surface area contributed by atoms with Gasteiger partial charge in [0.15, 0.2) is 0 Å². The molecule has 2 aliphatic rings. The van der Waals surface area contributed by atoms with Crippen molar-refractivity contribution in [3.05, 3.63) is 68.9 Å². The quantitative estimate of drug-likeness (QED) is 0.313. The summed E-state index contributed by atoms with van der Waals surface area (Å²) in [5, 5.41) is 6.67. The van der Waals surface area contributed by atoms with Crippen LogP contribution in [0.25, 0.3) is 0 Å². The normalized spacial score (nSPS) is 20.4. The second-order valence-corrected chi connectivity index (χ2v) is 14.1. The predicted octanol–water partition coefficient (Wildman–Crippen LogP) is 3.74. The van der Waals surface area contributed by atoms with Crippen LogP contribution < -0.4 is 15.4 Å². The summed E-state index contributed by atoms with van der Waals surface area (Å²) in [6, 6.07) is 9.72. The Balaban J connectivity index is 1.50. The van der Waals surface area contributed by atoms with E-state index in [9.17, 15) is 22.4 Å². The molecule has 2 saturated heterocycles. The van der Waals surface area contributed by atoms with E-state index in [-0.39, 0.29) is 26.1 Å². The molecule has 0 aromatic heterocycles. The minimum Gasteiger partial charge on any atom is -0.372 e. The summed E-state index contributed by atoms with van der Waals surface area (Å²) >= 11 is 9.30. The second kappa shape index (κ2) is 15.1. The first-order valence-corrected chi connectivity index (χ1v) is 17.1. The molecule has 4 rings (SSSR count). The van der Waals surface area contributed by atoms with E-state index in [1.165, 1.54) is 11.0 Å². The van der Waals surface area contributed by atoms with E-state index >= 15 is 0 Å². The molecule has 42 heavy (non-hydrogen) atoms. The van der Waals surface area contributed by atoms with Crippen molar-refractivity contribution in [1.82, 2.24) is 20.3 Å². The number of carbonyl (C=O) groups is 2. The van der Waals surface area contributed by atoms with Gasteiger partial charge in [0, 0.05) is 34.6 Å². The smallest absolute Gasteiger partial charge is 0.243 e. The summed E-state index contributed by atoms with van der Waals surface area (Å²) in [4.78, 5) is 28.8. The number of benzene rings is 2. The number of piperidine rings is 1. The lowest BCUT2D eigenvalue weighted by atomic mass is 9.91. The van der Waals surface area contributed by atoms with Crippen LogP contribution in [0.1, 0.15) is 43.2 Å². The van der Waals surface area contributed by atoms with Crippen LogP contribution in [-0.2, 0) is 37.5 Å². The molecule has 2 aromatic rings. The lowest BCUT2D eigenvalue weighted by Gasteiger charge is -2.30. The highest BCUT2D eigenvalue weighted by molar-refractivity contribution is 9.10. The zero-order valence-electron chi connectivity index (χ0n) is 23.5.